The molecule has 27 heavy (non-hydrogen) atoms. The molecular weight excluding hydrogens is 389 g/mol. The number of amides is 1. The van der Waals surface area contributed by atoms with E-state index in [4.69, 9.17) is 0 Å². The van der Waals surface area contributed by atoms with Crippen molar-refractivity contribution in [2.75, 3.05) is 33.4 Å². The van der Waals surface area contributed by atoms with Gasteiger partial charge in [-0.2, -0.15) is 0 Å². The molecule has 0 fully saturated rings. The van der Waals surface area contributed by atoms with Crippen molar-refractivity contribution >= 4 is 27.3 Å². The van der Waals surface area contributed by atoms with Crippen LogP contribution in [0.15, 0.2) is 36.4 Å². The van der Waals surface area contributed by atoms with Gasteiger partial charge in [0.2, 0.25) is 10.0 Å². The maximum atomic E-state index is 13.5. The highest BCUT2D eigenvalue weighted by Gasteiger charge is 2.17. The van der Waals surface area contributed by atoms with Crippen LogP contribution < -0.4 is 10.0 Å². The van der Waals surface area contributed by atoms with Crippen LogP contribution in [-0.4, -0.2) is 52.7 Å². The number of hydrogen-bond donors (Lipinski definition) is 2. The topological polar surface area (TPSA) is 78.5 Å². The van der Waals surface area contributed by atoms with Crippen LogP contribution in [0.1, 0.15) is 26.2 Å². The molecule has 0 aliphatic heterocycles. The summed E-state index contributed by atoms with van der Waals surface area (Å²) in [5, 5.41) is 2.89. The van der Waals surface area contributed by atoms with Gasteiger partial charge in [-0.05, 0) is 50.3 Å². The number of carbonyl (C=O) groups excluding carboxylic acids is 1. The normalized spacial score (nSPS) is 12.9. The quantitative estimate of drug-likeness (QED) is 0.659. The second-order valence-corrected chi connectivity index (χ2v) is 9.43. The Hall–Kier alpha value is -1.81. The molecule has 0 unspecified atom stereocenters. The van der Waals surface area contributed by atoms with Crippen molar-refractivity contribution in [3.63, 3.8) is 0 Å². The van der Waals surface area contributed by atoms with Crippen LogP contribution in [0.4, 0.5) is 4.39 Å². The molecular formula is C18H24FN3O3S2. The smallest absolute Gasteiger partial charge is 0.261 e. The van der Waals surface area contributed by atoms with Crippen molar-refractivity contribution in [3.05, 3.63) is 57.5 Å². The van der Waals surface area contributed by atoms with E-state index >= 15 is 0 Å². The molecule has 0 aliphatic carbocycles. The first kappa shape index (κ1) is 21.5. The zero-order chi connectivity index (χ0) is 20.0. The summed E-state index contributed by atoms with van der Waals surface area (Å²) in [4.78, 5) is 15.8. The van der Waals surface area contributed by atoms with Crippen LogP contribution >= 0.6 is 11.3 Å². The highest BCUT2D eigenvalue weighted by molar-refractivity contribution is 7.88. The lowest BCUT2D eigenvalue weighted by Crippen LogP contribution is -2.34. The van der Waals surface area contributed by atoms with Gasteiger partial charge in [0.1, 0.15) is 5.82 Å². The maximum Gasteiger partial charge on any atom is 0.261 e. The van der Waals surface area contributed by atoms with Gasteiger partial charge in [-0.3, -0.25) is 4.79 Å². The molecule has 0 aliphatic rings. The van der Waals surface area contributed by atoms with Crippen molar-refractivity contribution < 1.29 is 17.6 Å². The molecule has 0 saturated heterocycles. The molecule has 2 N–H and O–H groups in total. The number of hydrogen-bond acceptors (Lipinski definition) is 5. The molecule has 0 bridgehead atoms. The number of likely N-dealkylation sites (N-methyl/N-ethyl adjacent to an activating group) is 1. The minimum atomic E-state index is -3.22. The van der Waals surface area contributed by atoms with Crippen molar-refractivity contribution in [1.82, 2.24) is 14.9 Å². The second-order valence-electron chi connectivity index (χ2n) is 6.43. The van der Waals surface area contributed by atoms with Crippen LogP contribution in [0.3, 0.4) is 0 Å². The lowest BCUT2D eigenvalue weighted by Gasteiger charge is -2.25. The summed E-state index contributed by atoms with van der Waals surface area (Å²) in [5.41, 5.74) is 0.791. The summed E-state index contributed by atoms with van der Waals surface area (Å²) in [6.45, 7) is 0.640. The minimum absolute atomic E-state index is 0.150. The fourth-order valence-corrected chi connectivity index (χ4v) is 3.98. The van der Waals surface area contributed by atoms with Crippen molar-refractivity contribution in [2.24, 2.45) is 0 Å². The number of rotatable bonds is 9. The lowest BCUT2D eigenvalue weighted by atomic mass is 10.1. The fourth-order valence-electron chi connectivity index (χ4n) is 2.58. The molecule has 0 radical (unpaired) electrons. The number of benzene rings is 1. The molecule has 1 aromatic carbocycles. The average molecular weight is 414 g/mol. The predicted molar refractivity (Wildman–Crippen MR) is 106 cm³/mol. The van der Waals surface area contributed by atoms with Crippen molar-refractivity contribution in [1.29, 1.82) is 0 Å². The zero-order valence-corrected chi connectivity index (χ0v) is 17.2. The number of sulfonamides is 1. The third-order valence-corrected chi connectivity index (χ3v) is 5.81. The Bertz CT molecular complexity index is 881. The van der Waals surface area contributed by atoms with Gasteiger partial charge in [-0.15, -0.1) is 11.3 Å². The predicted octanol–water partition coefficient (Wildman–Crippen LogP) is 2.01. The third-order valence-electron chi connectivity index (χ3n) is 3.93. The summed E-state index contributed by atoms with van der Waals surface area (Å²) in [7, 11) is 0.534. The third kappa shape index (κ3) is 7.02. The van der Waals surface area contributed by atoms with Gasteiger partial charge in [0.15, 0.2) is 0 Å². The molecule has 9 heteroatoms. The first-order valence-electron chi connectivity index (χ1n) is 8.39. The SMILES string of the molecule is CN(C)[C@@H](CNC(=O)c1ccc(CCNS(C)(=O)=O)s1)c1cccc(F)c1. The Kier molecular flexibility index (Phi) is 7.49. The van der Waals surface area contributed by atoms with Gasteiger partial charge in [0.05, 0.1) is 17.2 Å². The van der Waals surface area contributed by atoms with E-state index in [1.807, 2.05) is 31.1 Å². The Balaban J connectivity index is 1.94. The molecule has 1 atom stereocenters. The number of nitrogens with zero attached hydrogens (tertiary/aromatic N) is 1. The van der Waals surface area contributed by atoms with Crippen LogP contribution in [-0.2, 0) is 16.4 Å². The summed E-state index contributed by atoms with van der Waals surface area (Å²) >= 11 is 1.33. The van der Waals surface area contributed by atoms with Crippen LogP contribution in [0.25, 0.3) is 0 Å². The molecule has 2 aromatic rings. The van der Waals surface area contributed by atoms with E-state index in [1.54, 1.807) is 12.1 Å². The van der Waals surface area contributed by atoms with Crippen molar-refractivity contribution in [3.8, 4) is 0 Å². The van der Waals surface area contributed by atoms with E-state index in [1.165, 1.54) is 23.5 Å². The highest BCUT2D eigenvalue weighted by Crippen LogP contribution is 2.20. The molecule has 1 aromatic heterocycles. The van der Waals surface area contributed by atoms with E-state index < -0.39 is 10.0 Å². The molecule has 1 amide bonds. The first-order chi connectivity index (χ1) is 12.7. The Morgan fingerprint density at radius 2 is 2.00 bits per heavy atom. The highest BCUT2D eigenvalue weighted by atomic mass is 32.2. The van der Waals surface area contributed by atoms with Gasteiger partial charge >= 0.3 is 0 Å². The van der Waals surface area contributed by atoms with E-state index in [2.05, 4.69) is 10.0 Å². The molecule has 0 saturated carbocycles. The second kappa shape index (κ2) is 9.41. The van der Waals surface area contributed by atoms with Gasteiger partial charge in [0.25, 0.3) is 5.91 Å². The first-order valence-corrected chi connectivity index (χ1v) is 11.1. The number of carbonyl (C=O) groups is 1. The summed E-state index contributed by atoms with van der Waals surface area (Å²) in [6, 6.07) is 9.73. The van der Waals surface area contributed by atoms with Crippen LogP contribution in [0.2, 0.25) is 0 Å². The van der Waals surface area contributed by atoms with E-state index in [0.717, 1.165) is 16.7 Å². The minimum Gasteiger partial charge on any atom is -0.349 e. The standard InChI is InChI=1S/C18H24FN3O3S2/c1-22(2)16(13-5-4-6-14(19)11-13)12-20-18(23)17-8-7-15(26-17)9-10-21-27(3,24)25/h4-8,11,16,21H,9-10,12H2,1-3H3,(H,20,23)/t16-/m0/s1. The Morgan fingerprint density at radius 3 is 2.63 bits per heavy atom. The largest absolute Gasteiger partial charge is 0.349 e. The van der Waals surface area contributed by atoms with Crippen LogP contribution in [0.5, 0.6) is 0 Å². The molecule has 6 nitrogen and oxygen atoms in total. The monoisotopic (exact) mass is 413 g/mol. The van der Waals surface area contributed by atoms with Gasteiger partial charge in [0, 0.05) is 18.0 Å². The van der Waals surface area contributed by atoms with E-state index in [0.29, 0.717) is 24.4 Å². The molecule has 0 spiro atoms. The number of halogens is 1. The zero-order valence-electron chi connectivity index (χ0n) is 15.5. The number of nitrogens with one attached hydrogen (secondary N) is 2. The lowest BCUT2D eigenvalue weighted by molar-refractivity contribution is 0.0946. The van der Waals surface area contributed by atoms with Crippen LogP contribution in [0, 0.1) is 5.82 Å². The Labute approximate surface area is 163 Å². The summed E-state index contributed by atoms with van der Waals surface area (Å²) in [5.74, 6) is -0.512. The van der Waals surface area contributed by atoms with Gasteiger partial charge in [-0.1, -0.05) is 12.1 Å². The maximum absolute atomic E-state index is 13.5. The number of thiophene rings is 1. The average Bonchev–Trinajstić information content (AvgIpc) is 3.02. The van der Waals surface area contributed by atoms with Gasteiger partial charge in [-0.25, -0.2) is 17.5 Å². The summed E-state index contributed by atoms with van der Waals surface area (Å²) in [6.07, 6.45) is 1.63. The summed E-state index contributed by atoms with van der Waals surface area (Å²) < 4.78 is 38.1. The van der Waals surface area contributed by atoms with Gasteiger partial charge < -0.3 is 10.2 Å². The van der Waals surface area contributed by atoms with Crippen molar-refractivity contribution in [2.45, 2.75) is 12.5 Å². The molecule has 1 heterocycles. The van der Waals surface area contributed by atoms with E-state index in [-0.39, 0.29) is 17.8 Å². The molecule has 2 rings (SSSR count). The Morgan fingerprint density at radius 1 is 1.26 bits per heavy atom. The van der Waals surface area contributed by atoms with E-state index in [9.17, 15) is 17.6 Å². The molecule has 148 valence electrons. The fraction of sp³-hybridized carbons (Fsp3) is 0.389.